The van der Waals surface area contributed by atoms with Crippen LogP contribution in [0.25, 0.3) is 0 Å². The molecular formula is C9H20BN. The van der Waals surface area contributed by atoms with Gasteiger partial charge < -0.3 is 4.81 Å². The summed E-state index contributed by atoms with van der Waals surface area (Å²) in [4.78, 5) is 2.63. The van der Waals surface area contributed by atoms with Crippen LogP contribution in [0.4, 0.5) is 0 Å². The molecule has 0 N–H and O–H groups in total. The highest BCUT2D eigenvalue weighted by Crippen LogP contribution is 2.19. The maximum Gasteiger partial charge on any atom is 0.223 e. The Morgan fingerprint density at radius 1 is 1.36 bits per heavy atom. The van der Waals surface area contributed by atoms with Crippen molar-refractivity contribution in [2.24, 2.45) is 0 Å². The second-order valence-electron chi connectivity index (χ2n) is 3.57. The van der Waals surface area contributed by atoms with Crippen LogP contribution >= 0.6 is 0 Å². The van der Waals surface area contributed by atoms with Crippen molar-refractivity contribution < 1.29 is 0 Å². The van der Waals surface area contributed by atoms with E-state index in [9.17, 15) is 0 Å². The van der Waals surface area contributed by atoms with E-state index in [2.05, 4.69) is 18.7 Å². The van der Waals surface area contributed by atoms with Crippen LogP contribution < -0.4 is 0 Å². The molecule has 0 unspecified atom stereocenters. The Kier molecular flexibility index (Phi) is 3.99. The zero-order valence-electron chi connectivity index (χ0n) is 7.97. The van der Waals surface area contributed by atoms with Crippen LogP contribution in [-0.2, 0) is 0 Å². The van der Waals surface area contributed by atoms with Crippen LogP contribution in [0, 0.1) is 0 Å². The Labute approximate surface area is 71.3 Å². The van der Waals surface area contributed by atoms with Gasteiger partial charge in [-0.3, -0.25) is 0 Å². The Hall–Kier alpha value is 0.0249. The molecule has 0 aliphatic carbocycles. The predicted octanol–water partition coefficient (Wildman–Crippen LogP) is 2.50. The van der Waals surface area contributed by atoms with E-state index in [0.717, 1.165) is 6.85 Å². The molecule has 1 aliphatic rings. The highest BCUT2D eigenvalue weighted by Gasteiger charge is 2.25. The predicted molar refractivity (Wildman–Crippen MR) is 52.1 cm³/mol. The maximum atomic E-state index is 2.63. The summed E-state index contributed by atoms with van der Waals surface area (Å²) in [7, 11) is 0. The Morgan fingerprint density at radius 2 is 2.18 bits per heavy atom. The molecule has 0 radical (unpaired) electrons. The summed E-state index contributed by atoms with van der Waals surface area (Å²) in [6, 6.07) is 0. The van der Waals surface area contributed by atoms with Crippen LogP contribution in [0.15, 0.2) is 0 Å². The van der Waals surface area contributed by atoms with Crippen molar-refractivity contribution in [1.29, 1.82) is 0 Å². The lowest BCUT2D eigenvalue weighted by molar-refractivity contribution is 0.488. The summed E-state index contributed by atoms with van der Waals surface area (Å²) >= 11 is 0. The van der Waals surface area contributed by atoms with E-state index in [-0.39, 0.29) is 0 Å². The van der Waals surface area contributed by atoms with Gasteiger partial charge in [0, 0.05) is 0 Å². The third kappa shape index (κ3) is 2.51. The van der Waals surface area contributed by atoms with Crippen LogP contribution in [0.3, 0.4) is 0 Å². The molecule has 0 amide bonds. The number of rotatable bonds is 4. The quantitative estimate of drug-likeness (QED) is 0.561. The first kappa shape index (κ1) is 9.12. The number of unbranched alkanes of at least 4 members (excludes halogenated alkanes) is 1. The minimum atomic E-state index is 0.931. The van der Waals surface area contributed by atoms with E-state index in [0.29, 0.717) is 0 Å². The van der Waals surface area contributed by atoms with Gasteiger partial charge in [-0.25, -0.2) is 0 Å². The molecule has 1 saturated heterocycles. The number of nitrogens with zero attached hydrogens (tertiary/aromatic N) is 1. The molecule has 0 aromatic carbocycles. The van der Waals surface area contributed by atoms with Crippen molar-refractivity contribution in [1.82, 2.24) is 4.81 Å². The fraction of sp³-hybridized carbons (Fsp3) is 1.00. The normalized spacial score (nSPS) is 19.6. The second kappa shape index (κ2) is 4.81. The second-order valence-corrected chi connectivity index (χ2v) is 3.57. The highest BCUT2D eigenvalue weighted by molar-refractivity contribution is 6.56. The Balaban J connectivity index is 2.20. The van der Waals surface area contributed by atoms with Crippen LogP contribution in [0.2, 0.25) is 12.6 Å². The standard InChI is InChI=1S/C9H20BN/c1-3-5-7-10-8-6-9-11(10)4-2/h3-9H2,1-2H3. The third-order valence-electron chi connectivity index (χ3n) is 2.80. The molecule has 0 bridgehead atoms. The van der Waals surface area contributed by atoms with E-state index in [1.807, 2.05) is 0 Å². The fourth-order valence-corrected chi connectivity index (χ4v) is 2.08. The Morgan fingerprint density at radius 3 is 2.82 bits per heavy atom. The Bertz CT molecular complexity index is 106. The lowest BCUT2D eigenvalue weighted by atomic mass is 9.56. The molecule has 1 heterocycles. The monoisotopic (exact) mass is 153 g/mol. The molecular weight excluding hydrogens is 133 g/mol. The lowest BCUT2D eigenvalue weighted by Crippen LogP contribution is -2.32. The molecule has 64 valence electrons. The number of hydrogen-bond donors (Lipinski definition) is 0. The van der Waals surface area contributed by atoms with Gasteiger partial charge in [0.15, 0.2) is 0 Å². The first-order valence-electron chi connectivity index (χ1n) is 5.12. The van der Waals surface area contributed by atoms with Crippen molar-refractivity contribution >= 4 is 6.85 Å². The minimum Gasteiger partial charge on any atom is -0.342 e. The molecule has 0 atom stereocenters. The molecule has 0 saturated carbocycles. The molecule has 0 aromatic heterocycles. The summed E-state index contributed by atoms with van der Waals surface area (Å²) in [6.07, 6.45) is 7.09. The van der Waals surface area contributed by atoms with Gasteiger partial charge in [-0.1, -0.05) is 39.3 Å². The summed E-state index contributed by atoms with van der Waals surface area (Å²) in [5.41, 5.74) is 0. The van der Waals surface area contributed by atoms with Gasteiger partial charge in [-0.2, -0.15) is 0 Å². The van der Waals surface area contributed by atoms with E-state index in [1.54, 1.807) is 0 Å². The maximum absolute atomic E-state index is 2.63. The molecule has 1 nitrogen and oxygen atoms in total. The lowest BCUT2D eigenvalue weighted by Gasteiger charge is -2.19. The van der Waals surface area contributed by atoms with Gasteiger partial charge in [0.1, 0.15) is 0 Å². The van der Waals surface area contributed by atoms with E-state index in [4.69, 9.17) is 0 Å². The third-order valence-corrected chi connectivity index (χ3v) is 2.80. The zero-order valence-corrected chi connectivity index (χ0v) is 7.97. The fourth-order valence-electron chi connectivity index (χ4n) is 2.08. The first-order valence-corrected chi connectivity index (χ1v) is 5.12. The summed E-state index contributed by atoms with van der Waals surface area (Å²) in [5.74, 6) is 0. The highest BCUT2D eigenvalue weighted by atomic mass is 15.1. The zero-order chi connectivity index (χ0) is 8.10. The summed E-state index contributed by atoms with van der Waals surface area (Å²) < 4.78 is 0. The van der Waals surface area contributed by atoms with Crippen LogP contribution in [0.5, 0.6) is 0 Å². The molecule has 1 aliphatic heterocycles. The molecule has 1 fully saturated rings. The largest absolute Gasteiger partial charge is 0.342 e. The van der Waals surface area contributed by atoms with Crippen LogP contribution in [0.1, 0.15) is 33.1 Å². The van der Waals surface area contributed by atoms with Gasteiger partial charge in [-0.15, -0.1) is 0 Å². The molecule has 0 aromatic rings. The van der Waals surface area contributed by atoms with Crippen molar-refractivity contribution in [2.75, 3.05) is 13.1 Å². The van der Waals surface area contributed by atoms with Crippen molar-refractivity contribution in [3.63, 3.8) is 0 Å². The van der Waals surface area contributed by atoms with Crippen molar-refractivity contribution in [2.45, 2.75) is 45.8 Å². The average Bonchev–Trinajstić information content (AvgIpc) is 2.47. The number of hydrogen-bond acceptors (Lipinski definition) is 1. The van der Waals surface area contributed by atoms with Gasteiger partial charge in [0.2, 0.25) is 6.85 Å². The van der Waals surface area contributed by atoms with Gasteiger partial charge in [0.25, 0.3) is 0 Å². The van der Waals surface area contributed by atoms with E-state index in [1.165, 1.54) is 45.0 Å². The van der Waals surface area contributed by atoms with Gasteiger partial charge in [0.05, 0.1) is 0 Å². The molecule has 1 rings (SSSR count). The van der Waals surface area contributed by atoms with Crippen molar-refractivity contribution in [3.05, 3.63) is 0 Å². The van der Waals surface area contributed by atoms with Gasteiger partial charge >= 0.3 is 0 Å². The molecule has 0 spiro atoms. The summed E-state index contributed by atoms with van der Waals surface area (Å²) in [5, 5.41) is 0. The first-order chi connectivity index (χ1) is 5.38. The van der Waals surface area contributed by atoms with E-state index >= 15 is 0 Å². The van der Waals surface area contributed by atoms with Crippen molar-refractivity contribution in [3.8, 4) is 0 Å². The summed E-state index contributed by atoms with van der Waals surface area (Å²) in [6.45, 7) is 8.11. The molecule has 2 heteroatoms. The minimum absolute atomic E-state index is 0.931. The topological polar surface area (TPSA) is 3.24 Å². The van der Waals surface area contributed by atoms with E-state index < -0.39 is 0 Å². The molecule has 11 heavy (non-hydrogen) atoms. The SMILES string of the molecule is CCCCB1CCCN1CC. The van der Waals surface area contributed by atoms with Gasteiger partial charge in [-0.05, 0) is 19.5 Å². The smallest absolute Gasteiger partial charge is 0.223 e. The van der Waals surface area contributed by atoms with Crippen LogP contribution in [-0.4, -0.2) is 24.7 Å². The average molecular weight is 153 g/mol.